The molecule has 0 saturated carbocycles. The Labute approximate surface area is 122 Å². The monoisotopic (exact) mass is 300 g/mol. The summed E-state index contributed by atoms with van der Waals surface area (Å²) < 4.78 is 21.1. The Morgan fingerprint density at radius 2 is 1.71 bits per heavy atom. The SMILES string of the molecule is CCOC(=O)[C@H]1OC2(CC=CC(O)C2)O[C@@H]1C(=O)OCC. The van der Waals surface area contributed by atoms with Crippen LogP contribution in [-0.4, -0.2) is 54.4 Å². The predicted octanol–water partition coefficient (Wildman–Crippen LogP) is 0.304. The summed E-state index contributed by atoms with van der Waals surface area (Å²) in [7, 11) is 0. The first kappa shape index (κ1) is 15.9. The third-order valence-electron chi connectivity index (χ3n) is 3.30. The molecule has 3 atom stereocenters. The van der Waals surface area contributed by atoms with Gasteiger partial charge in [0.25, 0.3) is 0 Å². The molecule has 1 spiro atoms. The molecule has 1 saturated heterocycles. The molecular weight excluding hydrogens is 280 g/mol. The van der Waals surface area contributed by atoms with Crippen LogP contribution >= 0.6 is 0 Å². The Hall–Kier alpha value is -1.44. The minimum atomic E-state index is -1.19. The molecule has 2 aliphatic rings. The van der Waals surface area contributed by atoms with Crippen LogP contribution in [-0.2, 0) is 28.5 Å². The topological polar surface area (TPSA) is 91.3 Å². The van der Waals surface area contributed by atoms with Gasteiger partial charge in [-0.1, -0.05) is 12.2 Å². The molecule has 0 radical (unpaired) electrons. The van der Waals surface area contributed by atoms with Gasteiger partial charge in [-0.2, -0.15) is 0 Å². The Morgan fingerprint density at radius 1 is 1.19 bits per heavy atom. The van der Waals surface area contributed by atoms with Gasteiger partial charge in [-0.05, 0) is 13.8 Å². The van der Waals surface area contributed by atoms with E-state index in [0.29, 0.717) is 6.42 Å². The molecule has 0 bridgehead atoms. The molecule has 0 aromatic heterocycles. The first-order chi connectivity index (χ1) is 10.0. The molecule has 2 rings (SSSR count). The lowest BCUT2D eigenvalue weighted by molar-refractivity contribution is -0.200. The summed E-state index contributed by atoms with van der Waals surface area (Å²) in [6, 6.07) is 0. The van der Waals surface area contributed by atoms with Gasteiger partial charge in [-0.15, -0.1) is 0 Å². The first-order valence-corrected chi connectivity index (χ1v) is 7.05. The largest absolute Gasteiger partial charge is 0.464 e. The third kappa shape index (κ3) is 3.42. The zero-order valence-electron chi connectivity index (χ0n) is 12.1. The van der Waals surface area contributed by atoms with Gasteiger partial charge >= 0.3 is 11.9 Å². The van der Waals surface area contributed by atoms with Gasteiger partial charge in [0.2, 0.25) is 0 Å². The fourth-order valence-corrected chi connectivity index (χ4v) is 2.47. The fourth-order valence-electron chi connectivity index (χ4n) is 2.47. The van der Waals surface area contributed by atoms with E-state index >= 15 is 0 Å². The lowest BCUT2D eigenvalue weighted by Gasteiger charge is -2.31. The third-order valence-corrected chi connectivity index (χ3v) is 3.30. The van der Waals surface area contributed by atoms with E-state index < -0.39 is 36.0 Å². The van der Waals surface area contributed by atoms with Crippen LogP contribution in [0.15, 0.2) is 12.2 Å². The van der Waals surface area contributed by atoms with E-state index in [2.05, 4.69) is 0 Å². The molecule has 1 fully saturated rings. The Balaban J connectivity index is 2.18. The normalized spacial score (nSPS) is 30.3. The number of aliphatic hydroxyl groups excluding tert-OH is 1. The molecule has 0 amide bonds. The van der Waals surface area contributed by atoms with Crippen molar-refractivity contribution in [2.45, 2.75) is 50.8 Å². The summed E-state index contributed by atoms with van der Waals surface area (Å²) in [5.74, 6) is -2.53. The predicted molar refractivity (Wildman–Crippen MR) is 70.1 cm³/mol. The van der Waals surface area contributed by atoms with Crippen molar-refractivity contribution in [2.24, 2.45) is 0 Å². The molecular formula is C14H20O7. The fraction of sp³-hybridized carbons (Fsp3) is 0.714. The lowest BCUT2D eigenvalue weighted by atomic mass is 9.98. The van der Waals surface area contributed by atoms with Crippen LogP contribution in [0.4, 0.5) is 0 Å². The van der Waals surface area contributed by atoms with Gasteiger partial charge in [0, 0.05) is 12.8 Å². The average Bonchev–Trinajstić information content (AvgIpc) is 2.78. The number of ether oxygens (including phenoxy) is 4. The maximum atomic E-state index is 12.0. The molecule has 1 N–H and O–H groups in total. The minimum absolute atomic E-state index is 0.148. The zero-order chi connectivity index (χ0) is 15.5. The van der Waals surface area contributed by atoms with Gasteiger partial charge in [-0.3, -0.25) is 0 Å². The summed E-state index contributed by atoms with van der Waals surface area (Å²) in [6.45, 7) is 3.67. The molecule has 118 valence electrons. The van der Waals surface area contributed by atoms with Gasteiger partial charge in [0.1, 0.15) is 0 Å². The van der Waals surface area contributed by atoms with E-state index in [-0.39, 0.29) is 19.6 Å². The molecule has 1 aliphatic carbocycles. The van der Waals surface area contributed by atoms with Crippen molar-refractivity contribution in [1.82, 2.24) is 0 Å². The second-order valence-corrected chi connectivity index (χ2v) is 4.90. The number of esters is 2. The highest BCUT2D eigenvalue weighted by atomic mass is 16.8. The van der Waals surface area contributed by atoms with Crippen LogP contribution in [0, 0.1) is 0 Å². The molecule has 7 nitrogen and oxygen atoms in total. The van der Waals surface area contributed by atoms with Crippen LogP contribution in [0.25, 0.3) is 0 Å². The summed E-state index contributed by atoms with van der Waals surface area (Å²) in [5.41, 5.74) is 0. The van der Waals surface area contributed by atoms with Crippen molar-refractivity contribution < 1.29 is 33.6 Å². The molecule has 1 heterocycles. The minimum Gasteiger partial charge on any atom is -0.464 e. The molecule has 1 unspecified atom stereocenters. The van der Waals surface area contributed by atoms with E-state index in [9.17, 15) is 14.7 Å². The Bertz CT molecular complexity index is 405. The van der Waals surface area contributed by atoms with E-state index in [1.165, 1.54) is 0 Å². The maximum absolute atomic E-state index is 12.0. The van der Waals surface area contributed by atoms with Crippen LogP contribution in [0.5, 0.6) is 0 Å². The zero-order valence-corrected chi connectivity index (χ0v) is 12.1. The number of aliphatic hydroxyl groups is 1. The summed E-state index contributed by atoms with van der Waals surface area (Å²) in [6.07, 6.45) is 0.706. The van der Waals surface area contributed by atoms with Crippen molar-refractivity contribution >= 4 is 11.9 Å². The number of hydrogen-bond acceptors (Lipinski definition) is 7. The highest BCUT2D eigenvalue weighted by molar-refractivity contribution is 5.86. The second-order valence-electron chi connectivity index (χ2n) is 4.90. The van der Waals surface area contributed by atoms with E-state index in [0.717, 1.165) is 0 Å². The number of carbonyl (C=O) groups excluding carboxylic acids is 2. The summed E-state index contributed by atoms with van der Waals surface area (Å²) >= 11 is 0. The number of hydrogen-bond donors (Lipinski definition) is 1. The molecule has 21 heavy (non-hydrogen) atoms. The van der Waals surface area contributed by atoms with Crippen molar-refractivity contribution in [3.05, 3.63) is 12.2 Å². The van der Waals surface area contributed by atoms with Crippen LogP contribution in [0.3, 0.4) is 0 Å². The Morgan fingerprint density at radius 3 is 2.14 bits per heavy atom. The van der Waals surface area contributed by atoms with Crippen LogP contribution in [0.2, 0.25) is 0 Å². The van der Waals surface area contributed by atoms with E-state index in [4.69, 9.17) is 18.9 Å². The van der Waals surface area contributed by atoms with Crippen molar-refractivity contribution in [3.63, 3.8) is 0 Å². The van der Waals surface area contributed by atoms with Gasteiger partial charge in [0.15, 0.2) is 18.0 Å². The molecule has 1 aliphatic heterocycles. The van der Waals surface area contributed by atoms with E-state index in [1.807, 2.05) is 0 Å². The summed E-state index contributed by atoms with van der Waals surface area (Å²) in [4.78, 5) is 23.9. The average molecular weight is 300 g/mol. The molecule has 0 aromatic carbocycles. The smallest absolute Gasteiger partial charge is 0.338 e. The quantitative estimate of drug-likeness (QED) is 0.590. The molecule has 0 aromatic rings. The van der Waals surface area contributed by atoms with Crippen molar-refractivity contribution in [2.75, 3.05) is 13.2 Å². The highest BCUT2D eigenvalue weighted by Gasteiger charge is 2.55. The lowest BCUT2D eigenvalue weighted by Crippen LogP contribution is -2.39. The van der Waals surface area contributed by atoms with Crippen molar-refractivity contribution in [3.8, 4) is 0 Å². The molecule has 7 heteroatoms. The number of carbonyl (C=O) groups is 2. The Kier molecular flexibility index (Phi) is 4.97. The number of rotatable bonds is 4. The summed E-state index contributed by atoms with van der Waals surface area (Å²) in [5, 5.41) is 9.71. The van der Waals surface area contributed by atoms with Crippen LogP contribution in [0.1, 0.15) is 26.7 Å². The van der Waals surface area contributed by atoms with Crippen LogP contribution < -0.4 is 0 Å². The highest BCUT2D eigenvalue weighted by Crippen LogP contribution is 2.39. The van der Waals surface area contributed by atoms with Gasteiger partial charge in [-0.25, -0.2) is 9.59 Å². The first-order valence-electron chi connectivity index (χ1n) is 7.05. The van der Waals surface area contributed by atoms with Crippen molar-refractivity contribution in [1.29, 1.82) is 0 Å². The van der Waals surface area contributed by atoms with Gasteiger partial charge < -0.3 is 24.1 Å². The second kappa shape index (κ2) is 6.55. The standard InChI is InChI=1S/C14H20O7/c1-3-18-12(16)10-11(13(17)19-4-2)21-14(20-10)7-5-6-9(15)8-14/h5-6,9-11,15H,3-4,7-8H2,1-2H3/t9?,10-,11-/m0/s1. The van der Waals surface area contributed by atoms with Gasteiger partial charge in [0.05, 0.1) is 19.3 Å². The maximum Gasteiger partial charge on any atom is 0.338 e. The van der Waals surface area contributed by atoms with E-state index in [1.54, 1.807) is 26.0 Å².